The number of halogens is 1. The quantitative estimate of drug-likeness (QED) is 0.748. The number of aromatic nitrogens is 2. The zero-order valence-electron chi connectivity index (χ0n) is 17.6. The summed E-state index contributed by atoms with van der Waals surface area (Å²) >= 11 is 0. The van der Waals surface area contributed by atoms with E-state index in [4.69, 9.17) is 4.74 Å². The summed E-state index contributed by atoms with van der Waals surface area (Å²) < 4.78 is 22.2. The molecule has 0 aliphatic carbocycles. The maximum atomic E-state index is 15.0. The van der Waals surface area contributed by atoms with E-state index in [1.807, 2.05) is 65.3 Å². The molecule has 0 aliphatic rings. The van der Waals surface area contributed by atoms with Crippen LogP contribution in [-0.2, 0) is 16.8 Å². The van der Waals surface area contributed by atoms with Crippen molar-refractivity contribution < 1.29 is 13.9 Å². The van der Waals surface area contributed by atoms with Crippen LogP contribution in [0.25, 0.3) is 11.3 Å². The molecular weight excluding hydrogens is 345 g/mol. The first-order chi connectivity index (χ1) is 12.3. The number of amides is 1. The lowest BCUT2D eigenvalue weighted by Gasteiger charge is -2.25. The molecule has 0 fully saturated rings. The van der Waals surface area contributed by atoms with Crippen molar-refractivity contribution in [2.24, 2.45) is 0 Å². The zero-order chi connectivity index (χ0) is 20.6. The molecule has 1 heterocycles. The summed E-state index contributed by atoms with van der Waals surface area (Å²) in [6.45, 7) is 13.7. The average Bonchev–Trinajstić information content (AvgIpc) is 2.93. The number of hydrogen-bond acceptors (Lipinski definition) is 3. The molecule has 0 unspecified atom stereocenters. The number of carbonyl (C=O) groups excluding carboxylic acids is 1. The number of ether oxygens (including phenoxy) is 1. The lowest BCUT2D eigenvalue weighted by Crippen LogP contribution is -2.33. The largest absolute Gasteiger partial charge is 0.444 e. The molecule has 0 atom stereocenters. The molecule has 0 saturated heterocycles. The van der Waals surface area contributed by atoms with Gasteiger partial charge in [0.2, 0.25) is 0 Å². The van der Waals surface area contributed by atoms with Gasteiger partial charge in [-0.2, -0.15) is 5.10 Å². The van der Waals surface area contributed by atoms with Gasteiger partial charge in [0.15, 0.2) is 0 Å². The number of aryl methyl sites for hydroxylation is 1. The summed E-state index contributed by atoms with van der Waals surface area (Å²) in [5, 5.41) is 4.35. The molecule has 1 amide bonds. The molecule has 1 aromatic carbocycles. The van der Waals surface area contributed by atoms with Gasteiger partial charge in [-0.05, 0) is 71.7 Å². The Morgan fingerprint density at radius 1 is 1.22 bits per heavy atom. The summed E-state index contributed by atoms with van der Waals surface area (Å²) in [7, 11) is 1.64. The van der Waals surface area contributed by atoms with E-state index in [0.29, 0.717) is 11.1 Å². The van der Waals surface area contributed by atoms with E-state index < -0.39 is 11.7 Å². The molecule has 5 nitrogen and oxygen atoms in total. The second kappa shape index (κ2) is 7.33. The van der Waals surface area contributed by atoms with E-state index in [1.54, 1.807) is 13.2 Å². The van der Waals surface area contributed by atoms with Crippen LogP contribution in [0.2, 0.25) is 0 Å². The highest BCUT2D eigenvalue weighted by molar-refractivity contribution is 5.68. The van der Waals surface area contributed by atoms with Crippen molar-refractivity contribution in [1.29, 1.82) is 0 Å². The smallest absolute Gasteiger partial charge is 0.410 e. The summed E-state index contributed by atoms with van der Waals surface area (Å²) in [5.74, 6) is -0.325. The van der Waals surface area contributed by atoms with Crippen molar-refractivity contribution in [1.82, 2.24) is 14.7 Å². The number of benzene rings is 1. The van der Waals surface area contributed by atoms with Gasteiger partial charge in [-0.1, -0.05) is 6.07 Å². The van der Waals surface area contributed by atoms with Crippen LogP contribution in [0.1, 0.15) is 52.7 Å². The molecule has 148 valence electrons. The highest BCUT2D eigenvalue weighted by atomic mass is 19.1. The van der Waals surface area contributed by atoms with E-state index in [-0.39, 0.29) is 17.9 Å². The first-order valence-corrected chi connectivity index (χ1v) is 9.07. The highest BCUT2D eigenvalue weighted by Crippen LogP contribution is 2.31. The Hall–Kier alpha value is -2.37. The van der Waals surface area contributed by atoms with Gasteiger partial charge < -0.3 is 9.64 Å². The molecule has 2 rings (SSSR count). The third-order valence-corrected chi connectivity index (χ3v) is 4.01. The van der Waals surface area contributed by atoms with Gasteiger partial charge in [0.05, 0.1) is 11.2 Å². The first-order valence-electron chi connectivity index (χ1n) is 9.07. The number of hydrogen-bond donors (Lipinski definition) is 0. The SMILES string of the molecule is Cc1cc(CN(C)C(=O)OC(C)(C)C)cc(F)c1-c1ccnn1C(C)(C)C. The second-order valence-corrected chi connectivity index (χ2v) is 8.91. The number of carbonyl (C=O) groups is 1. The van der Waals surface area contributed by atoms with Gasteiger partial charge in [-0.15, -0.1) is 0 Å². The van der Waals surface area contributed by atoms with Crippen molar-refractivity contribution in [2.75, 3.05) is 7.05 Å². The Morgan fingerprint density at radius 3 is 2.37 bits per heavy atom. The van der Waals surface area contributed by atoms with Crippen molar-refractivity contribution in [2.45, 2.75) is 66.2 Å². The van der Waals surface area contributed by atoms with Crippen LogP contribution in [0.3, 0.4) is 0 Å². The van der Waals surface area contributed by atoms with Crippen LogP contribution < -0.4 is 0 Å². The fourth-order valence-electron chi connectivity index (χ4n) is 2.94. The number of rotatable bonds is 3. The van der Waals surface area contributed by atoms with Gasteiger partial charge in [-0.25, -0.2) is 9.18 Å². The average molecular weight is 375 g/mol. The van der Waals surface area contributed by atoms with Crippen LogP contribution >= 0.6 is 0 Å². The fourth-order valence-corrected chi connectivity index (χ4v) is 2.94. The normalized spacial score (nSPS) is 12.2. The predicted octanol–water partition coefficient (Wildman–Crippen LogP) is 5.12. The minimum atomic E-state index is -0.568. The van der Waals surface area contributed by atoms with E-state index in [1.165, 1.54) is 11.0 Å². The van der Waals surface area contributed by atoms with E-state index in [0.717, 1.165) is 11.3 Å². The Bertz CT molecular complexity index is 806. The van der Waals surface area contributed by atoms with Gasteiger partial charge in [0.1, 0.15) is 11.4 Å². The minimum Gasteiger partial charge on any atom is -0.444 e. The molecule has 0 saturated carbocycles. The zero-order valence-corrected chi connectivity index (χ0v) is 17.6. The summed E-state index contributed by atoms with van der Waals surface area (Å²) in [5.41, 5.74) is 1.96. The Kier molecular flexibility index (Phi) is 5.68. The third-order valence-electron chi connectivity index (χ3n) is 4.01. The Labute approximate surface area is 161 Å². The Morgan fingerprint density at radius 2 is 1.85 bits per heavy atom. The minimum absolute atomic E-state index is 0.257. The third kappa shape index (κ3) is 5.08. The standard InChI is InChI=1S/C21H30FN3O2/c1-14-11-15(13-24(8)19(26)27-21(5,6)7)12-16(22)18(14)17-9-10-23-25(17)20(2,3)4/h9-12H,13H2,1-8H3. The van der Waals surface area contributed by atoms with Crippen LogP contribution in [0.4, 0.5) is 9.18 Å². The lowest BCUT2D eigenvalue weighted by molar-refractivity contribution is 0.0285. The maximum Gasteiger partial charge on any atom is 0.410 e. The van der Waals surface area contributed by atoms with Crippen molar-refractivity contribution in [3.8, 4) is 11.3 Å². The summed E-state index contributed by atoms with van der Waals surface area (Å²) in [6, 6.07) is 5.20. The monoisotopic (exact) mass is 375 g/mol. The van der Waals surface area contributed by atoms with Gasteiger partial charge >= 0.3 is 6.09 Å². The van der Waals surface area contributed by atoms with E-state index in [2.05, 4.69) is 5.10 Å². The van der Waals surface area contributed by atoms with Gasteiger partial charge in [-0.3, -0.25) is 4.68 Å². The Balaban J connectivity index is 2.31. The van der Waals surface area contributed by atoms with E-state index in [9.17, 15) is 9.18 Å². The molecule has 2 aromatic rings. The highest BCUT2D eigenvalue weighted by Gasteiger charge is 2.23. The van der Waals surface area contributed by atoms with Gasteiger partial charge in [0, 0.05) is 25.4 Å². The van der Waals surface area contributed by atoms with Crippen LogP contribution in [0.5, 0.6) is 0 Å². The molecular formula is C21H30FN3O2. The maximum absolute atomic E-state index is 15.0. The topological polar surface area (TPSA) is 47.4 Å². The van der Waals surface area contributed by atoms with Crippen LogP contribution in [-0.4, -0.2) is 33.4 Å². The van der Waals surface area contributed by atoms with Crippen molar-refractivity contribution in [3.05, 3.63) is 41.3 Å². The van der Waals surface area contributed by atoms with Crippen LogP contribution in [0, 0.1) is 12.7 Å². The molecule has 0 radical (unpaired) electrons. The lowest BCUT2D eigenvalue weighted by atomic mass is 10.00. The predicted molar refractivity (Wildman–Crippen MR) is 105 cm³/mol. The molecule has 6 heteroatoms. The van der Waals surface area contributed by atoms with E-state index >= 15 is 0 Å². The van der Waals surface area contributed by atoms with Crippen molar-refractivity contribution in [3.63, 3.8) is 0 Å². The molecule has 0 aliphatic heterocycles. The van der Waals surface area contributed by atoms with Crippen molar-refractivity contribution >= 4 is 6.09 Å². The first kappa shape index (κ1) is 20.9. The number of nitrogens with zero attached hydrogens (tertiary/aromatic N) is 3. The summed E-state index contributed by atoms with van der Waals surface area (Å²) in [6.07, 6.45) is 1.25. The van der Waals surface area contributed by atoms with Gasteiger partial charge in [0.25, 0.3) is 0 Å². The van der Waals surface area contributed by atoms with Crippen LogP contribution in [0.15, 0.2) is 24.4 Å². The summed E-state index contributed by atoms with van der Waals surface area (Å²) in [4.78, 5) is 13.6. The molecule has 27 heavy (non-hydrogen) atoms. The molecule has 1 aromatic heterocycles. The molecule has 0 bridgehead atoms. The molecule has 0 spiro atoms. The molecule has 0 N–H and O–H groups in total. The fraction of sp³-hybridized carbons (Fsp3) is 0.524. The second-order valence-electron chi connectivity index (χ2n) is 8.91.